The van der Waals surface area contributed by atoms with Crippen molar-refractivity contribution >= 4 is 5.69 Å². The molecular formula is C16H14N2O. The molecule has 0 atom stereocenters. The van der Waals surface area contributed by atoms with E-state index in [1.165, 1.54) is 0 Å². The molecule has 1 aromatic heterocycles. The molecule has 0 spiro atoms. The Bertz CT molecular complexity index is 702. The molecule has 0 aliphatic rings. The van der Waals surface area contributed by atoms with Crippen LogP contribution in [0.5, 0.6) is 0 Å². The highest BCUT2D eigenvalue weighted by molar-refractivity contribution is 5.65. The summed E-state index contributed by atoms with van der Waals surface area (Å²) in [6.45, 7) is 1.98. The normalized spacial score (nSPS) is 10.6. The van der Waals surface area contributed by atoms with Crippen LogP contribution in [-0.2, 0) is 0 Å². The van der Waals surface area contributed by atoms with Gasteiger partial charge in [0.25, 0.3) is 0 Å². The van der Waals surface area contributed by atoms with Crippen molar-refractivity contribution in [1.29, 1.82) is 0 Å². The molecule has 3 nitrogen and oxygen atoms in total. The maximum atomic E-state index is 5.91. The zero-order chi connectivity index (χ0) is 13.2. The van der Waals surface area contributed by atoms with Crippen molar-refractivity contribution in [2.24, 2.45) is 0 Å². The zero-order valence-corrected chi connectivity index (χ0v) is 10.6. The molecule has 3 rings (SSSR count). The van der Waals surface area contributed by atoms with Crippen LogP contribution >= 0.6 is 0 Å². The number of benzene rings is 2. The summed E-state index contributed by atoms with van der Waals surface area (Å²) >= 11 is 0. The zero-order valence-electron chi connectivity index (χ0n) is 10.6. The number of anilines is 1. The van der Waals surface area contributed by atoms with Gasteiger partial charge in [0, 0.05) is 16.8 Å². The van der Waals surface area contributed by atoms with E-state index in [2.05, 4.69) is 4.98 Å². The smallest absolute Gasteiger partial charge is 0.226 e. The van der Waals surface area contributed by atoms with E-state index in [4.69, 9.17) is 10.2 Å². The predicted molar refractivity (Wildman–Crippen MR) is 76.5 cm³/mol. The van der Waals surface area contributed by atoms with E-state index in [-0.39, 0.29) is 0 Å². The number of rotatable bonds is 2. The van der Waals surface area contributed by atoms with Gasteiger partial charge in [0.2, 0.25) is 5.89 Å². The molecule has 0 saturated heterocycles. The van der Waals surface area contributed by atoms with Crippen LogP contribution in [0.3, 0.4) is 0 Å². The fourth-order valence-electron chi connectivity index (χ4n) is 1.92. The van der Waals surface area contributed by atoms with E-state index in [1.54, 1.807) is 6.20 Å². The summed E-state index contributed by atoms with van der Waals surface area (Å²) < 4.78 is 5.78. The molecule has 2 aromatic carbocycles. The minimum atomic E-state index is 0.588. The fourth-order valence-corrected chi connectivity index (χ4v) is 1.92. The van der Waals surface area contributed by atoms with Crippen LogP contribution in [0.1, 0.15) is 5.56 Å². The van der Waals surface area contributed by atoms with Gasteiger partial charge in [-0.3, -0.25) is 0 Å². The molecule has 0 aliphatic carbocycles. The molecule has 0 unspecified atom stereocenters. The molecule has 94 valence electrons. The first-order chi connectivity index (χ1) is 9.24. The molecule has 3 aromatic rings. The van der Waals surface area contributed by atoms with Crippen molar-refractivity contribution < 1.29 is 4.42 Å². The fraction of sp³-hybridized carbons (Fsp3) is 0.0625. The van der Waals surface area contributed by atoms with Gasteiger partial charge in [-0.15, -0.1) is 0 Å². The molecule has 0 amide bonds. The third-order valence-corrected chi connectivity index (χ3v) is 3.09. The number of nitrogen functional groups attached to an aromatic ring is 1. The van der Waals surface area contributed by atoms with E-state index < -0.39 is 0 Å². The van der Waals surface area contributed by atoms with Crippen LogP contribution in [0.2, 0.25) is 0 Å². The molecule has 19 heavy (non-hydrogen) atoms. The highest BCUT2D eigenvalue weighted by Gasteiger charge is 2.08. The highest BCUT2D eigenvalue weighted by Crippen LogP contribution is 2.27. The van der Waals surface area contributed by atoms with Gasteiger partial charge in [-0.05, 0) is 24.6 Å². The van der Waals surface area contributed by atoms with Crippen molar-refractivity contribution in [2.75, 3.05) is 5.73 Å². The second-order valence-corrected chi connectivity index (χ2v) is 4.47. The van der Waals surface area contributed by atoms with E-state index in [0.717, 1.165) is 28.1 Å². The number of aryl methyl sites for hydroxylation is 1. The number of aromatic nitrogens is 1. The van der Waals surface area contributed by atoms with Crippen molar-refractivity contribution in [1.82, 2.24) is 4.98 Å². The van der Waals surface area contributed by atoms with E-state index in [0.29, 0.717) is 5.89 Å². The lowest BCUT2D eigenvalue weighted by Gasteiger charge is -2.01. The number of oxazole rings is 1. The molecule has 0 fully saturated rings. The summed E-state index contributed by atoms with van der Waals surface area (Å²) in [5, 5.41) is 0. The van der Waals surface area contributed by atoms with Crippen molar-refractivity contribution in [3.8, 4) is 22.8 Å². The summed E-state index contributed by atoms with van der Waals surface area (Å²) in [5.74, 6) is 1.35. The molecule has 3 heteroatoms. The minimum Gasteiger partial charge on any atom is -0.436 e. The van der Waals surface area contributed by atoms with Crippen LogP contribution in [-0.4, -0.2) is 4.98 Å². The second kappa shape index (κ2) is 4.61. The Morgan fingerprint density at radius 2 is 1.79 bits per heavy atom. The van der Waals surface area contributed by atoms with E-state index in [1.807, 2.05) is 55.5 Å². The molecule has 2 N–H and O–H groups in total. The number of nitrogens with zero attached hydrogens (tertiary/aromatic N) is 1. The molecular weight excluding hydrogens is 236 g/mol. The number of hydrogen-bond donors (Lipinski definition) is 1. The third kappa shape index (κ3) is 2.22. The summed E-state index contributed by atoms with van der Waals surface area (Å²) in [6, 6.07) is 15.7. The SMILES string of the molecule is Cc1ccc(-c2ncc(-c3ccccc3)o2)cc1N. The Morgan fingerprint density at radius 3 is 2.53 bits per heavy atom. The Kier molecular flexibility index (Phi) is 2.80. The first kappa shape index (κ1) is 11.5. The maximum absolute atomic E-state index is 5.91. The molecule has 0 bridgehead atoms. The van der Waals surface area contributed by atoms with Gasteiger partial charge in [-0.1, -0.05) is 36.4 Å². The predicted octanol–water partition coefficient (Wildman–Crippen LogP) is 3.90. The average Bonchev–Trinajstić information content (AvgIpc) is 2.93. The Labute approximate surface area is 111 Å². The lowest BCUT2D eigenvalue weighted by atomic mass is 10.1. The largest absolute Gasteiger partial charge is 0.436 e. The maximum Gasteiger partial charge on any atom is 0.226 e. The van der Waals surface area contributed by atoms with E-state index in [9.17, 15) is 0 Å². The molecule has 0 radical (unpaired) electrons. The quantitative estimate of drug-likeness (QED) is 0.702. The summed E-state index contributed by atoms with van der Waals surface area (Å²) in [6.07, 6.45) is 1.74. The van der Waals surface area contributed by atoms with Gasteiger partial charge in [0.15, 0.2) is 5.76 Å². The van der Waals surface area contributed by atoms with Crippen molar-refractivity contribution in [2.45, 2.75) is 6.92 Å². The lowest BCUT2D eigenvalue weighted by Crippen LogP contribution is -1.89. The first-order valence-corrected chi connectivity index (χ1v) is 6.12. The van der Waals surface area contributed by atoms with Crippen LogP contribution in [0.4, 0.5) is 5.69 Å². The molecule has 1 heterocycles. The summed E-state index contributed by atoms with van der Waals surface area (Å²) in [4.78, 5) is 4.31. The van der Waals surface area contributed by atoms with Gasteiger partial charge in [0.05, 0.1) is 6.20 Å². The Hall–Kier alpha value is -2.55. The summed E-state index contributed by atoms with van der Waals surface area (Å²) in [7, 11) is 0. The van der Waals surface area contributed by atoms with Gasteiger partial charge >= 0.3 is 0 Å². The van der Waals surface area contributed by atoms with E-state index >= 15 is 0 Å². The lowest BCUT2D eigenvalue weighted by molar-refractivity contribution is 0.589. The van der Waals surface area contributed by atoms with Crippen molar-refractivity contribution in [3.63, 3.8) is 0 Å². The monoisotopic (exact) mass is 250 g/mol. The van der Waals surface area contributed by atoms with Crippen LogP contribution < -0.4 is 5.73 Å². The van der Waals surface area contributed by atoms with Crippen LogP contribution in [0.25, 0.3) is 22.8 Å². The van der Waals surface area contributed by atoms with Crippen LogP contribution in [0, 0.1) is 6.92 Å². The van der Waals surface area contributed by atoms with Crippen LogP contribution in [0.15, 0.2) is 59.1 Å². The van der Waals surface area contributed by atoms with Crippen molar-refractivity contribution in [3.05, 3.63) is 60.3 Å². The summed E-state index contributed by atoms with van der Waals surface area (Å²) in [5.41, 5.74) is 9.62. The standard InChI is InChI=1S/C16H14N2O/c1-11-7-8-13(9-14(11)17)16-18-10-15(19-16)12-5-3-2-4-6-12/h2-10H,17H2,1H3. The minimum absolute atomic E-state index is 0.588. The average molecular weight is 250 g/mol. The van der Waals surface area contributed by atoms with Gasteiger partial charge in [-0.2, -0.15) is 0 Å². The molecule has 0 aliphatic heterocycles. The molecule has 0 saturated carbocycles. The number of nitrogens with two attached hydrogens (primary N) is 1. The topological polar surface area (TPSA) is 52.0 Å². The second-order valence-electron chi connectivity index (χ2n) is 4.47. The Balaban J connectivity index is 1.99. The Morgan fingerprint density at radius 1 is 1.00 bits per heavy atom. The van der Waals surface area contributed by atoms with Gasteiger partial charge in [0.1, 0.15) is 0 Å². The highest BCUT2D eigenvalue weighted by atomic mass is 16.4. The number of hydrogen-bond acceptors (Lipinski definition) is 3. The van der Waals surface area contributed by atoms with Gasteiger partial charge in [-0.25, -0.2) is 4.98 Å². The first-order valence-electron chi connectivity index (χ1n) is 6.12. The van der Waals surface area contributed by atoms with Gasteiger partial charge < -0.3 is 10.2 Å². The third-order valence-electron chi connectivity index (χ3n) is 3.09.